The number of esters is 1. The van der Waals surface area contributed by atoms with Crippen LogP contribution in [0.15, 0.2) is 54.6 Å². The zero-order valence-corrected chi connectivity index (χ0v) is 16.6. The number of ether oxygens (including phenoxy) is 1. The molecule has 7 heteroatoms. The Hall–Kier alpha value is -3.48. The molecule has 2 amide bonds. The van der Waals surface area contributed by atoms with Gasteiger partial charge in [0.15, 0.2) is 12.4 Å². The minimum Gasteiger partial charge on any atom is -0.454 e. The van der Waals surface area contributed by atoms with Crippen LogP contribution in [-0.2, 0) is 14.3 Å². The van der Waals surface area contributed by atoms with Crippen LogP contribution in [0.3, 0.4) is 0 Å². The molecular formula is C22H24N2O5. The van der Waals surface area contributed by atoms with Crippen LogP contribution in [0.1, 0.15) is 41.5 Å². The Kier molecular flexibility index (Phi) is 7.65. The van der Waals surface area contributed by atoms with Gasteiger partial charge < -0.3 is 15.4 Å². The van der Waals surface area contributed by atoms with Gasteiger partial charge in [-0.15, -0.1) is 0 Å². The lowest BCUT2D eigenvalue weighted by molar-refractivity contribution is -0.150. The minimum atomic E-state index is -0.884. The summed E-state index contributed by atoms with van der Waals surface area (Å²) in [4.78, 5) is 48.0. The van der Waals surface area contributed by atoms with Gasteiger partial charge >= 0.3 is 5.97 Å². The van der Waals surface area contributed by atoms with Crippen LogP contribution in [0.5, 0.6) is 0 Å². The van der Waals surface area contributed by atoms with E-state index in [9.17, 15) is 19.2 Å². The summed E-state index contributed by atoms with van der Waals surface area (Å²) in [5.74, 6) is -1.90. The van der Waals surface area contributed by atoms with Crippen molar-refractivity contribution >= 4 is 29.3 Å². The molecule has 2 rings (SSSR count). The zero-order valence-electron chi connectivity index (χ0n) is 16.6. The van der Waals surface area contributed by atoms with Crippen molar-refractivity contribution in [1.82, 2.24) is 5.32 Å². The number of hydrogen-bond acceptors (Lipinski definition) is 5. The van der Waals surface area contributed by atoms with Crippen LogP contribution >= 0.6 is 0 Å². The molecule has 0 heterocycles. The fraction of sp³-hybridized carbons (Fsp3) is 0.273. The maximum atomic E-state index is 12.4. The zero-order chi connectivity index (χ0) is 21.4. The summed E-state index contributed by atoms with van der Waals surface area (Å²) in [5.41, 5.74) is 1.44. The largest absolute Gasteiger partial charge is 0.454 e. The summed E-state index contributed by atoms with van der Waals surface area (Å²) in [6.45, 7) is 4.51. The summed E-state index contributed by atoms with van der Waals surface area (Å²) in [6, 6.07) is 14.0. The smallest absolute Gasteiger partial charge is 0.329 e. The predicted octanol–water partition coefficient (Wildman–Crippen LogP) is 2.83. The van der Waals surface area contributed by atoms with Gasteiger partial charge in [-0.25, -0.2) is 4.79 Å². The third-order valence-electron chi connectivity index (χ3n) is 4.16. The standard InChI is InChI=1S/C22H24N2O5/c1-14(2)20(24-21(27)17-7-5-4-6-8-17)22(28)29-13-19(26)23-18-11-9-16(10-12-18)15(3)25/h4-12,14,20H,13H2,1-3H3,(H,23,26)(H,24,27)/t20-/m0/s1. The maximum absolute atomic E-state index is 12.4. The molecule has 7 nitrogen and oxygen atoms in total. The first-order valence-electron chi connectivity index (χ1n) is 9.21. The second-order valence-corrected chi connectivity index (χ2v) is 6.85. The SMILES string of the molecule is CC(=O)c1ccc(NC(=O)COC(=O)[C@@H](NC(=O)c2ccccc2)C(C)C)cc1. The Morgan fingerprint density at radius 3 is 2.07 bits per heavy atom. The van der Waals surface area contributed by atoms with Gasteiger partial charge in [0, 0.05) is 16.8 Å². The van der Waals surface area contributed by atoms with Crippen molar-refractivity contribution in [2.24, 2.45) is 5.92 Å². The molecule has 0 radical (unpaired) electrons. The number of nitrogens with one attached hydrogen (secondary N) is 2. The van der Waals surface area contributed by atoms with E-state index in [4.69, 9.17) is 4.74 Å². The summed E-state index contributed by atoms with van der Waals surface area (Å²) in [5, 5.41) is 5.23. The monoisotopic (exact) mass is 396 g/mol. The van der Waals surface area contributed by atoms with E-state index in [1.807, 2.05) is 0 Å². The summed E-state index contributed by atoms with van der Waals surface area (Å²) in [7, 11) is 0. The van der Waals surface area contributed by atoms with Crippen LogP contribution in [0.2, 0.25) is 0 Å². The molecule has 2 aromatic carbocycles. The van der Waals surface area contributed by atoms with Gasteiger partial charge in [-0.1, -0.05) is 32.0 Å². The Balaban J connectivity index is 1.89. The first-order chi connectivity index (χ1) is 13.8. The van der Waals surface area contributed by atoms with E-state index in [0.29, 0.717) is 16.8 Å². The number of Topliss-reactive ketones (excluding diaryl/α,β-unsaturated/α-hetero) is 1. The van der Waals surface area contributed by atoms with Crippen molar-refractivity contribution in [3.8, 4) is 0 Å². The average molecular weight is 396 g/mol. The van der Waals surface area contributed by atoms with E-state index in [-0.39, 0.29) is 11.7 Å². The van der Waals surface area contributed by atoms with E-state index in [2.05, 4.69) is 10.6 Å². The van der Waals surface area contributed by atoms with Crippen molar-refractivity contribution in [1.29, 1.82) is 0 Å². The normalized spacial score (nSPS) is 11.4. The van der Waals surface area contributed by atoms with E-state index >= 15 is 0 Å². The lowest BCUT2D eigenvalue weighted by Crippen LogP contribution is -2.45. The predicted molar refractivity (Wildman–Crippen MR) is 109 cm³/mol. The molecule has 0 spiro atoms. The Bertz CT molecular complexity index is 876. The fourth-order valence-corrected chi connectivity index (χ4v) is 2.52. The van der Waals surface area contributed by atoms with E-state index in [1.165, 1.54) is 6.92 Å². The van der Waals surface area contributed by atoms with Crippen molar-refractivity contribution < 1.29 is 23.9 Å². The highest BCUT2D eigenvalue weighted by Crippen LogP contribution is 2.11. The van der Waals surface area contributed by atoms with Gasteiger partial charge in [0.05, 0.1) is 0 Å². The summed E-state index contributed by atoms with van der Waals surface area (Å²) >= 11 is 0. The third kappa shape index (κ3) is 6.57. The molecule has 0 aliphatic rings. The second kappa shape index (κ2) is 10.2. The topological polar surface area (TPSA) is 102 Å². The Morgan fingerprint density at radius 1 is 0.897 bits per heavy atom. The van der Waals surface area contributed by atoms with Crippen LogP contribution in [0, 0.1) is 5.92 Å². The molecule has 0 saturated heterocycles. The van der Waals surface area contributed by atoms with E-state index in [1.54, 1.807) is 68.4 Å². The molecule has 29 heavy (non-hydrogen) atoms. The van der Waals surface area contributed by atoms with Gasteiger partial charge in [-0.2, -0.15) is 0 Å². The number of ketones is 1. The van der Waals surface area contributed by atoms with Crippen LogP contribution < -0.4 is 10.6 Å². The van der Waals surface area contributed by atoms with E-state index < -0.39 is 30.4 Å². The van der Waals surface area contributed by atoms with Crippen LogP contribution in [0.4, 0.5) is 5.69 Å². The van der Waals surface area contributed by atoms with Crippen LogP contribution in [0.25, 0.3) is 0 Å². The first kappa shape index (κ1) is 21.8. The number of amides is 2. The van der Waals surface area contributed by atoms with Gasteiger partial charge in [0.25, 0.3) is 11.8 Å². The first-order valence-corrected chi connectivity index (χ1v) is 9.21. The lowest BCUT2D eigenvalue weighted by atomic mass is 10.0. The highest BCUT2D eigenvalue weighted by atomic mass is 16.5. The Labute approximate surface area is 169 Å². The highest BCUT2D eigenvalue weighted by molar-refractivity contribution is 5.98. The highest BCUT2D eigenvalue weighted by Gasteiger charge is 2.26. The lowest BCUT2D eigenvalue weighted by Gasteiger charge is -2.20. The third-order valence-corrected chi connectivity index (χ3v) is 4.16. The fourth-order valence-electron chi connectivity index (χ4n) is 2.52. The number of anilines is 1. The quantitative estimate of drug-likeness (QED) is 0.528. The van der Waals surface area contributed by atoms with E-state index in [0.717, 1.165) is 0 Å². The molecule has 152 valence electrons. The molecule has 0 saturated carbocycles. The molecule has 2 aromatic rings. The summed E-state index contributed by atoms with van der Waals surface area (Å²) in [6.07, 6.45) is 0. The van der Waals surface area contributed by atoms with Gasteiger partial charge in [0.2, 0.25) is 0 Å². The molecule has 0 aliphatic carbocycles. The molecule has 0 aliphatic heterocycles. The van der Waals surface area contributed by atoms with Gasteiger partial charge in [0.1, 0.15) is 6.04 Å². The second-order valence-electron chi connectivity index (χ2n) is 6.85. The van der Waals surface area contributed by atoms with Crippen molar-refractivity contribution in [2.75, 3.05) is 11.9 Å². The average Bonchev–Trinajstić information content (AvgIpc) is 2.70. The molecule has 1 atom stereocenters. The maximum Gasteiger partial charge on any atom is 0.329 e. The van der Waals surface area contributed by atoms with Crippen molar-refractivity contribution in [3.63, 3.8) is 0 Å². The number of benzene rings is 2. The van der Waals surface area contributed by atoms with Gasteiger partial charge in [-0.05, 0) is 49.2 Å². The minimum absolute atomic E-state index is 0.0749. The molecule has 0 unspecified atom stereocenters. The molecule has 0 aromatic heterocycles. The molecule has 0 bridgehead atoms. The Morgan fingerprint density at radius 2 is 1.52 bits per heavy atom. The number of carbonyl (C=O) groups is 4. The van der Waals surface area contributed by atoms with Crippen molar-refractivity contribution in [3.05, 3.63) is 65.7 Å². The number of carbonyl (C=O) groups excluding carboxylic acids is 4. The molecular weight excluding hydrogens is 372 g/mol. The number of hydrogen-bond donors (Lipinski definition) is 2. The molecule has 0 fully saturated rings. The summed E-state index contributed by atoms with van der Waals surface area (Å²) < 4.78 is 5.08. The molecule has 2 N–H and O–H groups in total. The van der Waals surface area contributed by atoms with Crippen molar-refractivity contribution in [2.45, 2.75) is 26.8 Å². The van der Waals surface area contributed by atoms with Gasteiger partial charge in [-0.3, -0.25) is 14.4 Å². The number of rotatable bonds is 8. The van der Waals surface area contributed by atoms with Crippen LogP contribution in [-0.4, -0.2) is 36.2 Å².